The summed E-state index contributed by atoms with van der Waals surface area (Å²) in [6.07, 6.45) is 5.99. The van der Waals surface area contributed by atoms with Crippen molar-refractivity contribution in [2.75, 3.05) is 18.4 Å². The molecule has 28 heavy (non-hydrogen) atoms. The van der Waals surface area contributed by atoms with E-state index in [1.807, 2.05) is 22.0 Å². The molecule has 2 N–H and O–H groups in total. The van der Waals surface area contributed by atoms with Gasteiger partial charge in [0.05, 0.1) is 11.4 Å². The van der Waals surface area contributed by atoms with Crippen molar-refractivity contribution in [2.45, 2.75) is 18.9 Å². The number of thiazole rings is 1. The molecule has 3 aromatic heterocycles. The Morgan fingerprint density at radius 3 is 2.89 bits per heavy atom. The van der Waals surface area contributed by atoms with Gasteiger partial charge in [-0.15, -0.1) is 11.3 Å². The number of nitrogens with zero attached hydrogens (tertiary/aromatic N) is 4. The standard InChI is InChI=1S/C20H19FN6S/c21-14-5-3-13(4-6-14)17-18(27-10-11-28-20(27)26-17)16-7-9-23-19(25-16)24-15-2-1-8-22-12-15/h3-7,9-11,15,22H,1-2,8,12H2,(H,23,24,25)/t15-/m1/s1. The molecule has 8 heteroatoms. The minimum absolute atomic E-state index is 0.263. The Hall–Kier alpha value is -2.84. The predicted octanol–water partition coefficient (Wildman–Crippen LogP) is 3.82. The van der Waals surface area contributed by atoms with Gasteiger partial charge in [-0.05, 0) is 49.7 Å². The molecule has 4 aromatic rings. The highest BCUT2D eigenvalue weighted by molar-refractivity contribution is 7.15. The molecule has 0 spiro atoms. The lowest BCUT2D eigenvalue weighted by molar-refractivity contribution is 0.478. The Morgan fingerprint density at radius 2 is 2.07 bits per heavy atom. The summed E-state index contributed by atoms with van der Waals surface area (Å²) < 4.78 is 15.4. The van der Waals surface area contributed by atoms with Gasteiger partial charge >= 0.3 is 0 Å². The third-order valence-corrected chi connectivity index (χ3v) is 5.66. The number of halogens is 1. The highest BCUT2D eigenvalue weighted by atomic mass is 32.1. The fourth-order valence-electron chi connectivity index (χ4n) is 3.56. The lowest BCUT2D eigenvalue weighted by Crippen LogP contribution is -2.38. The van der Waals surface area contributed by atoms with E-state index in [0.29, 0.717) is 12.0 Å². The van der Waals surface area contributed by atoms with Crippen LogP contribution in [0.3, 0.4) is 0 Å². The highest BCUT2D eigenvalue weighted by Crippen LogP contribution is 2.33. The summed E-state index contributed by atoms with van der Waals surface area (Å²) >= 11 is 1.56. The minimum Gasteiger partial charge on any atom is -0.350 e. The van der Waals surface area contributed by atoms with Crippen LogP contribution in [0, 0.1) is 5.82 Å². The Balaban J connectivity index is 1.57. The summed E-state index contributed by atoms with van der Waals surface area (Å²) in [5.41, 5.74) is 3.31. The van der Waals surface area contributed by atoms with E-state index >= 15 is 0 Å². The zero-order valence-electron chi connectivity index (χ0n) is 15.1. The summed E-state index contributed by atoms with van der Waals surface area (Å²) in [6, 6.07) is 8.62. The van der Waals surface area contributed by atoms with Crippen molar-refractivity contribution < 1.29 is 4.39 Å². The zero-order valence-corrected chi connectivity index (χ0v) is 15.9. The molecule has 1 aliphatic heterocycles. The van der Waals surface area contributed by atoms with Gasteiger partial charge in [-0.2, -0.15) is 0 Å². The van der Waals surface area contributed by atoms with E-state index in [4.69, 9.17) is 9.97 Å². The number of hydrogen-bond acceptors (Lipinski definition) is 6. The van der Waals surface area contributed by atoms with Crippen molar-refractivity contribution >= 4 is 22.2 Å². The Labute approximate surface area is 165 Å². The minimum atomic E-state index is -0.263. The van der Waals surface area contributed by atoms with Crippen LogP contribution in [-0.4, -0.2) is 38.5 Å². The summed E-state index contributed by atoms with van der Waals surface area (Å²) in [5, 5.41) is 8.82. The van der Waals surface area contributed by atoms with Gasteiger partial charge in [-0.3, -0.25) is 4.40 Å². The van der Waals surface area contributed by atoms with Crippen molar-refractivity contribution in [3.05, 3.63) is 53.9 Å². The van der Waals surface area contributed by atoms with E-state index in [0.717, 1.165) is 53.5 Å². The van der Waals surface area contributed by atoms with Gasteiger partial charge < -0.3 is 10.6 Å². The van der Waals surface area contributed by atoms with E-state index < -0.39 is 0 Å². The monoisotopic (exact) mass is 394 g/mol. The summed E-state index contributed by atoms with van der Waals surface area (Å²) in [6.45, 7) is 1.97. The van der Waals surface area contributed by atoms with Crippen molar-refractivity contribution in [3.8, 4) is 22.6 Å². The van der Waals surface area contributed by atoms with E-state index in [2.05, 4.69) is 15.6 Å². The normalized spacial score (nSPS) is 17.1. The van der Waals surface area contributed by atoms with Crippen LogP contribution < -0.4 is 10.6 Å². The average molecular weight is 394 g/mol. The second kappa shape index (κ2) is 7.29. The number of fused-ring (bicyclic) bond motifs is 1. The summed E-state index contributed by atoms with van der Waals surface area (Å²) in [5.74, 6) is 0.349. The molecule has 1 fully saturated rings. The second-order valence-corrected chi connectivity index (χ2v) is 7.70. The maximum absolute atomic E-state index is 13.4. The molecule has 0 radical (unpaired) electrons. The molecule has 1 aliphatic rings. The third kappa shape index (κ3) is 3.25. The van der Waals surface area contributed by atoms with Crippen molar-refractivity contribution in [3.63, 3.8) is 0 Å². The number of rotatable bonds is 4. The summed E-state index contributed by atoms with van der Waals surface area (Å²) in [4.78, 5) is 14.8. The Kier molecular flexibility index (Phi) is 4.50. The molecular weight excluding hydrogens is 375 g/mol. The molecule has 0 aliphatic carbocycles. The van der Waals surface area contributed by atoms with Crippen LogP contribution in [0.15, 0.2) is 48.1 Å². The number of hydrogen-bond donors (Lipinski definition) is 2. The maximum atomic E-state index is 13.4. The number of benzene rings is 1. The van der Waals surface area contributed by atoms with Gasteiger partial charge in [0.1, 0.15) is 11.5 Å². The van der Waals surface area contributed by atoms with Crippen LogP contribution in [0.5, 0.6) is 0 Å². The van der Waals surface area contributed by atoms with E-state index in [-0.39, 0.29) is 5.82 Å². The molecule has 0 bridgehead atoms. The third-order valence-electron chi connectivity index (χ3n) is 4.91. The lowest BCUT2D eigenvalue weighted by atomic mass is 10.1. The van der Waals surface area contributed by atoms with Crippen LogP contribution in [0.25, 0.3) is 27.6 Å². The molecule has 142 valence electrons. The van der Waals surface area contributed by atoms with Crippen LogP contribution in [0.1, 0.15) is 12.8 Å². The number of piperidine rings is 1. The van der Waals surface area contributed by atoms with Gasteiger partial charge in [-0.1, -0.05) is 0 Å². The molecule has 5 rings (SSSR count). The topological polar surface area (TPSA) is 67.1 Å². The molecule has 0 saturated carbocycles. The Morgan fingerprint density at radius 1 is 1.18 bits per heavy atom. The largest absolute Gasteiger partial charge is 0.350 e. The van der Waals surface area contributed by atoms with Gasteiger partial charge in [-0.25, -0.2) is 19.3 Å². The number of imidazole rings is 1. The molecule has 0 unspecified atom stereocenters. The van der Waals surface area contributed by atoms with Gasteiger partial charge in [0.2, 0.25) is 5.95 Å². The first kappa shape index (κ1) is 17.3. The molecule has 4 heterocycles. The fraction of sp³-hybridized carbons (Fsp3) is 0.250. The van der Waals surface area contributed by atoms with Gasteiger partial charge in [0, 0.05) is 35.9 Å². The van der Waals surface area contributed by atoms with Crippen molar-refractivity contribution in [1.82, 2.24) is 24.7 Å². The molecule has 1 aromatic carbocycles. The Bertz CT molecular complexity index is 1100. The maximum Gasteiger partial charge on any atom is 0.223 e. The van der Waals surface area contributed by atoms with E-state index in [1.165, 1.54) is 12.1 Å². The zero-order chi connectivity index (χ0) is 18.9. The molecule has 1 saturated heterocycles. The van der Waals surface area contributed by atoms with Crippen LogP contribution >= 0.6 is 11.3 Å². The lowest BCUT2D eigenvalue weighted by Gasteiger charge is -2.23. The molecular formula is C20H19FN6S. The van der Waals surface area contributed by atoms with Gasteiger partial charge in [0.15, 0.2) is 4.96 Å². The fourth-order valence-corrected chi connectivity index (χ4v) is 4.27. The SMILES string of the molecule is Fc1ccc(-c2nc3sccn3c2-c2ccnc(N[C@@H]3CCCNC3)n2)cc1. The van der Waals surface area contributed by atoms with E-state index in [1.54, 1.807) is 29.7 Å². The molecule has 1 atom stereocenters. The van der Waals surface area contributed by atoms with Crippen LogP contribution in [-0.2, 0) is 0 Å². The van der Waals surface area contributed by atoms with Gasteiger partial charge in [0.25, 0.3) is 0 Å². The van der Waals surface area contributed by atoms with Crippen molar-refractivity contribution in [1.29, 1.82) is 0 Å². The number of aromatic nitrogens is 4. The number of anilines is 1. The van der Waals surface area contributed by atoms with E-state index in [9.17, 15) is 4.39 Å². The predicted molar refractivity (Wildman–Crippen MR) is 109 cm³/mol. The first-order valence-electron chi connectivity index (χ1n) is 9.30. The summed E-state index contributed by atoms with van der Waals surface area (Å²) in [7, 11) is 0. The first-order chi connectivity index (χ1) is 13.8. The van der Waals surface area contributed by atoms with Crippen LogP contribution in [0.2, 0.25) is 0 Å². The van der Waals surface area contributed by atoms with Crippen LogP contribution in [0.4, 0.5) is 10.3 Å². The molecule has 0 amide bonds. The van der Waals surface area contributed by atoms with Crippen molar-refractivity contribution in [2.24, 2.45) is 0 Å². The quantitative estimate of drug-likeness (QED) is 0.551. The highest BCUT2D eigenvalue weighted by Gasteiger charge is 2.19. The molecule has 6 nitrogen and oxygen atoms in total. The average Bonchev–Trinajstić information content (AvgIpc) is 3.31. The smallest absolute Gasteiger partial charge is 0.223 e. The first-order valence-corrected chi connectivity index (χ1v) is 10.2. The number of nitrogens with one attached hydrogen (secondary N) is 2. The second-order valence-electron chi connectivity index (χ2n) is 6.82.